The molecular weight excluding hydrogens is 292 g/mol. The molecule has 1 aromatic heterocycles. The molecule has 122 valence electrons. The van der Waals surface area contributed by atoms with Crippen LogP contribution in [0, 0.1) is 13.8 Å². The van der Waals surface area contributed by atoms with Crippen molar-refractivity contribution in [3.05, 3.63) is 59.4 Å². The molecule has 0 N–H and O–H groups in total. The highest BCUT2D eigenvalue weighted by molar-refractivity contribution is 5.93. The minimum Gasteiger partial charge on any atom is -0.232 e. The lowest BCUT2D eigenvalue weighted by molar-refractivity contribution is -0.662. The van der Waals surface area contributed by atoms with Crippen LogP contribution in [0.2, 0.25) is 0 Å². The Morgan fingerprint density at radius 1 is 1.04 bits per heavy atom. The number of para-hydroxylation sites is 1. The van der Waals surface area contributed by atoms with Gasteiger partial charge in [0.1, 0.15) is 5.69 Å². The lowest BCUT2D eigenvalue weighted by Crippen LogP contribution is -2.32. The van der Waals surface area contributed by atoms with E-state index in [2.05, 4.69) is 61.9 Å². The van der Waals surface area contributed by atoms with Crippen LogP contribution >= 0.6 is 0 Å². The van der Waals surface area contributed by atoms with Crippen molar-refractivity contribution < 1.29 is 4.57 Å². The number of hydrogen-bond donors (Lipinski definition) is 0. The molecule has 2 nitrogen and oxygen atoms in total. The number of aryl methyl sites for hydroxylation is 3. The van der Waals surface area contributed by atoms with Crippen LogP contribution in [0.3, 0.4) is 0 Å². The fraction of sp³-hybridized carbons (Fsp3) is 0.364. The molecule has 2 aromatic carbocycles. The Bertz CT molecular complexity index is 905. The van der Waals surface area contributed by atoms with Crippen LogP contribution in [-0.4, -0.2) is 4.98 Å². The van der Waals surface area contributed by atoms with Crippen molar-refractivity contribution in [2.24, 2.45) is 7.05 Å². The first-order valence-electron chi connectivity index (χ1n) is 9.00. The fourth-order valence-corrected chi connectivity index (χ4v) is 4.18. The van der Waals surface area contributed by atoms with Gasteiger partial charge < -0.3 is 0 Å². The zero-order chi connectivity index (χ0) is 16.7. The molecular formula is C22H25N2+. The molecule has 0 atom stereocenters. The molecule has 0 aliphatic heterocycles. The van der Waals surface area contributed by atoms with Crippen LogP contribution in [0.15, 0.2) is 42.7 Å². The SMILES string of the molecule is Cc1ccc(C)c(-c2c3cccc(C4CCCC4)c3nc[n+]2C)c1. The normalized spacial score (nSPS) is 15.3. The zero-order valence-corrected chi connectivity index (χ0v) is 14.8. The van der Waals surface area contributed by atoms with Crippen LogP contribution in [0.4, 0.5) is 0 Å². The van der Waals surface area contributed by atoms with Crippen molar-refractivity contribution in [2.45, 2.75) is 45.4 Å². The van der Waals surface area contributed by atoms with E-state index in [1.54, 1.807) is 0 Å². The maximum atomic E-state index is 4.83. The molecule has 1 heterocycles. The summed E-state index contributed by atoms with van der Waals surface area (Å²) in [7, 11) is 2.10. The Kier molecular flexibility index (Phi) is 3.84. The number of hydrogen-bond acceptors (Lipinski definition) is 1. The Hall–Kier alpha value is -2.22. The molecule has 3 aromatic rings. The van der Waals surface area contributed by atoms with E-state index in [1.165, 1.54) is 64.5 Å². The van der Waals surface area contributed by atoms with Gasteiger partial charge in [-0.3, -0.25) is 0 Å². The van der Waals surface area contributed by atoms with E-state index in [-0.39, 0.29) is 0 Å². The minimum atomic E-state index is 0.681. The molecule has 0 bridgehead atoms. The third-order valence-corrected chi connectivity index (χ3v) is 5.48. The Morgan fingerprint density at radius 2 is 1.83 bits per heavy atom. The first-order chi connectivity index (χ1) is 11.6. The molecule has 0 amide bonds. The van der Waals surface area contributed by atoms with E-state index in [1.807, 2.05) is 6.33 Å². The van der Waals surface area contributed by atoms with Crippen molar-refractivity contribution >= 4 is 10.9 Å². The summed E-state index contributed by atoms with van der Waals surface area (Å²) >= 11 is 0. The van der Waals surface area contributed by atoms with Gasteiger partial charge in [-0.15, -0.1) is 0 Å². The lowest BCUT2D eigenvalue weighted by Gasteiger charge is -2.13. The second-order valence-corrected chi connectivity index (χ2v) is 7.25. The second-order valence-electron chi connectivity index (χ2n) is 7.25. The minimum absolute atomic E-state index is 0.681. The van der Waals surface area contributed by atoms with E-state index in [4.69, 9.17) is 4.98 Å². The summed E-state index contributed by atoms with van der Waals surface area (Å²) < 4.78 is 2.17. The van der Waals surface area contributed by atoms with Crippen LogP contribution in [-0.2, 0) is 7.05 Å². The highest BCUT2D eigenvalue weighted by atomic mass is 15.0. The van der Waals surface area contributed by atoms with Crippen molar-refractivity contribution in [3.63, 3.8) is 0 Å². The number of aromatic nitrogens is 2. The molecule has 0 unspecified atom stereocenters. The van der Waals surface area contributed by atoms with E-state index in [0.717, 1.165) is 0 Å². The van der Waals surface area contributed by atoms with Crippen LogP contribution in [0.5, 0.6) is 0 Å². The molecule has 1 aliphatic rings. The first-order valence-corrected chi connectivity index (χ1v) is 9.00. The average Bonchev–Trinajstić information content (AvgIpc) is 3.11. The number of benzene rings is 2. The average molecular weight is 317 g/mol. The molecule has 2 heteroatoms. The van der Waals surface area contributed by atoms with Gasteiger partial charge in [0.2, 0.25) is 0 Å². The summed E-state index contributed by atoms with van der Waals surface area (Å²) in [4.78, 5) is 4.83. The van der Waals surface area contributed by atoms with Gasteiger partial charge in [0.25, 0.3) is 6.33 Å². The molecule has 1 fully saturated rings. The molecule has 24 heavy (non-hydrogen) atoms. The van der Waals surface area contributed by atoms with Crippen molar-refractivity contribution in [2.75, 3.05) is 0 Å². The molecule has 1 aliphatic carbocycles. The van der Waals surface area contributed by atoms with E-state index in [9.17, 15) is 0 Å². The predicted molar refractivity (Wildman–Crippen MR) is 99.0 cm³/mol. The molecule has 0 saturated heterocycles. The predicted octanol–water partition coefficient (Wildman–Crippen LogP) is 5.00. The van der Waals surface area contributed by atoms with Crippen LogP contribution in [0.25, 0.3) is 22.2 Å². The van der Waals surface area contributed by atoms with Crippen LogP contribution < -0.4 is 4.57 Å². The summed E-state index contributed by atoms with van der Waals surface area (Å²) in [5.41, 5.74) is 7.84. The van der Waals surface area contributed by atoms with E-state index >= 15 is 0 Å². The van der Waals surface area contributed by atoms with Crippen molar-refractivity contribution in [1.29, 1.82) is 0 Å². The molecule has 0 radical (unpaired) electrons. The number of rotatable bonds is 2. The Morgan fingerprint density at radius 3 is 2.62 bits per heavy atom. The fourth-order valence-electron chi connectivity index (χ4n) is 4.18. The molecule has 0 spiro atoms. The summed E-state index contributed by atoms with van der Waals surface area (Å²) in [6, 6.07) is 13.4. The van der Waals surface area contributed by atoms with Gasteiger partial charge in [0, 0.05) is 11.1 Å². The van der Waals surface area contributed by atoms with Gasteiger partial charge in [-0.05, 0) is 55.3 Å². The smallest absolute Gasteiger partial charge is 0.232 e. The number of fused-ring (bicyclic) bond motifs is 1. The zero-order valence-electron chi connectivity index (χ0n) is 14.8. The summed E-state index contributed by atoms with van der Waals surface area (Å²) in [6.07, 6.45) is 7.30. The summed E-state index contributed by atoms with van der Waals surface area (Å²) in [5.74, 6) is 0.681. The third-order valence-electron chi connectivity index (χ3n) is 5.48. The number of nitrogens with zero attached hydrogens (tertiary/aromatic N) is 2. The quantitative estimate of drug-likeness (QED) is 0.608. The lowest BCUT2D eigenvalue weighted by atomic mass is 9.92. The van der Waals surface area contributed by atoms with Gasteiger partial charge in [-0.1, -0.05) is 42.7 Å². The van der Waals surface area contributed by atoms with Gasteiger partial charge >= 0.3 is 0 Å². The third kappa shape index (κ3) is 2.50. The molecule has 1 saturated carbocycles. The van der Waals surface area contributed by atoms with E-state index < -0.39 is 0 Å². The Balaban J connectivity index is 2.00. The Labute approximate surface area is 144 Å². The maximum absolute atomic E-state index is 4.83. The van der Waals surface area contributed by atoms with E-state index in [0.29, 0.717) is 5.92 Å². The summed E-state index contributed by atoms with van der Waals surface area (Å²) in [5, 5.41) is 1.28. The largest absolute Gasteiger partial charge is 0.287 e. The van der Waals surface area contributed by atoms with Crippen molar-refractivity contribution in [3.8, 4) is 11.3 Å². The standard InChI is InChI=1S/C22H25N2/c1-15-11-12-16(2)20(13-15)22-19-10-6-9-18(17-7-4-5-8-17)21(19)23-14-24(22)3/h6,9-14,17H,4-5,7-8H2,1-3H3/q+1. The topological polar surface area (TPSA) is 16.8 Å². The van der Waals surface area contributed by atoms with Gasteiger partial charge in [-0.2, -0.15) is 0 Å². The summed E-state index contributed by atoms with van der Waals surface area (Å²) in [6.45, 7) is 4.36. The second kappa shape index (κ2) is 6.01. The maximum Gasteiger partial charge on any atom is 0.287 e. The van der Waals surface area contributed by atoms with Crippen molar-refractivity contribution in [1.82, 2.24) is 4.98 Å². The van der Waals surface area contributed by atoms with Gasteiger partial charge in [-0.25, -0.2) is 4.57 Å². The van der Waals surface area contributed by atoms with Gasteiger partial charge in [0.05, 0.1) is 12.4 Å². The molecule has 4 rings (SSSR count). The highest BCUT2D eigenvalue weighted by Crippen LogP contribution is 2.38. The highest BCUT2D eigenvalue weighted by Gasteiger charge is 2.24. The first kappa shape index (κ1) is 15.3. The van der Waals surface area contributed by atoms with Gasteiger partial charge in [0.15, 0.2) is 5.52 Å². The van der Waals surface area contributed by atoms with Crippen LogP contribution in [0.1, 0.15) is 48.3 Å². The monoisotopic (exact) mass is 317 g/mol.